The van der Waals surface area contributed by atoms with Gasteiger partial charge in [0, 0.05) is 25.9 Å². The molecule has 0 saturated heterocycles. The van der Waals surface area contributed by atoms with Crippen molar-refractivity contribution in [1.82, 2.24) is 9.71 Å². The summed E-state index contributed by atoms with van der Waals surface area (Å²) in [4.78, 5) is 4.06. The van der Waals surface area contributed by atoms with Crippen molar-refractivity contribution in [3.8, 4) is 0 Å². The molecule has 1 atom stereocenters. The van der Waals surface area contributed by atoms with Crippen LogP contribution in [0.2, 0.25) is 0 Å². The molecule has 0 fully saturated rings. The van der Waals surface area contributed by atoms with Gasteiger partial charge in [0.1, 0.15) is 4.90 Å². The molecule has 1 unspecified atom stereocenters. The van der Waals surface area contributed by atoms with Crippen LogP contribution in [0, 0.1) is 0 Å². The maximum Gasteiger partial charge on any atom is 0.242 e. The molecule has 0 spiro atoms. The summed E-state index contributed by atoms with van der Waals surface area (Å²) < 4.78 is 31.1. The number of sulfonamides is 1. The Morgan fingerprint density at radius 3 is 2.71 bits per heavy atom. The van der Waals surface area contributed by atoms with E-state index in [9.17, 15) is 8.42 Å². The number of ether oxygens (including phenoxy) is 1. The number of nitrogens with zero attached hydrogens (tertiary/aromatic N) is 1. The third-order valence-electron chi connectivity index (χ3n) is 2.09. The van der Waals surface area contributed by atoms with Crippen molar-refractivity contribution in [1.29, 1.82) is 0 Å². The number of pyridine rings is 1. The molecule has 0 radical (unpaired) electrons. The Labute approximate surface area is 101 Å². The van der Waals surface area contributed by atoms with Crippen molar-refractivity contribution in [2.45, 2.75) is 24.4 Å². The summed E-state index contributed by atoms with van der Waals surface area (Å²) in [5.74, 6) is 0. The van der Waals surface area contributed by atoms with E-state index in [1.54, 1.807) is 13.0 Å². The molecule has 6 nitrogen and oxygen atoms in total. The van der Waals surface area contributed by atoms with E-state index in [1.807, 2.05) is 0 Å². The lowest BCUT2D eigenvalue weighted by atomic mass is 10.4. The minimum atomic E-state index is -3.54. The van der Waals surface area contributed by atoms with Gasteiger partial charge in [-0.15, -0.1) is 0 Å². The predicted octanol–water partition coefficient (Wildman–Crippen LogP) is -0.146. The lowest BCUT2D eigenvalue weighted by Crippen LogP contribution is -2.35. The number of methoxy groups -OCH3 is 1. The molecule has 7 heteroatoms. The summed E-state index contributed by atoms with van der Waals surface area (Å²) in [6.45, 7) is 2.32. The molecule has 3 N–H and O–H groups in total. The fourth-order valence-corrected chi connectivity index (χ4v) is 2.48. The molecule has 1 aromatic heterocycles. The van der Waals surface area contributed by atoms with Gasteiger partial charge in [0.25, 0.3) is 0 Å². The molecule has 0 saturated carbocycles. The van der Waals surface area contributed by atoms with Crippen LogP contribution < -0.4 is 10.5 Å². The van der Waals surface area contributed by atoms with Crippen molar-refractivity contribution in [2.75, 3.05) is 13.7 Å². The zero-order valence-electron chi connectivity index (χ0n) is 9.88. The van der Waals surface area contributed by atoms with Gasteiger partial charge in [-0.3, -0.25) is 4.98 Å². The third kappa shape index (κ3) is 4.04. The van der Waals surface area contributed by atoms with Gasteiger partial charge >= 0.3 is 0 Å². The van der Waals surface area contributed by atoms with Gasteiger partial charge in [-0.05, 0) is 19.1 Å². The first-order valence-corrected chi connectivity index (χ1v) is 6.64. The van der Waals surface area contributed by atoms with E-state index in [1.165, 1.54) is 19.4 Å². The number of nitrogens with two attached hydrogens (primary N) is 1. The average molecular weight is 259 g/mol. The second-order valence-electron chi connectivity index (χ2n) is 3.67. The average Bonchev–Trinajstić information content (AvgIpc) is 2.28. The molecular formula is C10H17N3O3S. The highest BCUT2D eigenvalue weighted by molar-refractivity contribution is 7.89. The van der Waals surface area contributed by atoms with Crippen LogP contribution in [0.1, 0.15) is 12.6 Å². The highest BCUT2D eigenvalue weighted by atomic mass is 32.2. The fourth-order valence-electron chi connectivity index (χ4n) is 1.31. The summed E-state index contributed by atoms with van der Waals surface area (Å²) >= 11 is 0. The summed E-state index contributed by atoms with van der Waals surface area (Å²) in [6, 6.07) is 2.78. The van der Waals surface area contributed by atoms with Crippen LogP contribution in [0.15, 0.2) is 23.2 Å². The molecule has 17 heavy (non-hydrogen) atoms. The number of nitrogens with one attached hydrogen (secondary N) is 1. The van der Waals surface area contributed by atoms with Crippen molar-refractivity contribution >= 4 is 10.0 Å². The minimum absolute atomic E-state index is 0.123. The number of aromatic nitrogens is 1. The molecule has 0 amide bonds. The lowest BCUT2D eigenvalue weighted by molar-refractivity contribution is 0.180. The van der Waals surface area contributed by atoms with Gasteiger partial charge in [0.05, 0.1) is 12.3 Å². The first kappa shape index (κ1) is 14.0. The monoisotopic (exact) mass is 259 g/mol. The molecule has 0 aromatic carbocycles. The first-order chi connectivity index (χ1) is 7.99. The summed E-state index contributed by atoms with van der Waals surface area (Å²) in [5, 5.41) is 0. The maximum absolute atomic E-state index is 11.9. The van der Waals surface area contributed by atoms with E-state index >= 15 is 0 Å². The topological polar surface area (TPSA) is 94.3 Å². The van der Waals surface area contributed by atoms with Gasteiger partial charge in [-0.25, -0.2) is 13.1 Å². The SMILES string of the molecule is COCC(C)NS(=O)(=O)c1ccc(CN)nc1. The second kappa shape index (κ2) is 6.06. The van der Waals surface area contributed by atoms with Crippen molar-refractivity contribution in [3.63, 3.8) is 0 Å². The standard InChI is InChI=1S/C10H17N3O3S/c1-8(7-16-2)13-17(14,15)10-4-3-9(5-11)12-6-10/h3-4,6,8,13H,5,7,11H2,1-2H3. The molecular weight excluding hydrogens is 242 g/mol. The zero-order chi connectivity index (χ0) is 12.9. The van der Waals surface area contributed by atoms with Crippen molar-refractivity contribution in [2.24, 2.45) is 5.73 Å². The van der Waals surface area contributed by atoms with Crippen LogP contribution in [-0.2, 0) is 21.3 Å². The minimum Gasteiger partial charge on any atom is -0.383 e. The fraction of sp³-hybridized carbons (Fsp3) is 0.500. The van der Waals surface area contributed by atoms with Gasteiger partial charge in [-0.2, -0.15) is 0 Å². The first-order valence-electron chi connectivity index (χ1n) is 5.16. The second-order valence-corrected chi connectivity index (χ2v) is 5.38. The van der Waals surface area contributed by atoms with E-state index in [2.05, 4.69) is 9.71 Å². The molecule has 0 aliphatic rings. The highest BCUT2D eigenvalue weighted by Gasteiger charge is 2.17. The Balaban J connectivity index is 2.82. The van der Waals surface area contributed by atoms with Crippen LogP contribution in [0.3, 0.4) is 0 Å². The van der Waals surface area contributed by atoms with Gasteiger partial charge < -0.3 is 10.5 Å². The Kier molecular flexibility index (Phi) is 5.01. The molecule has 0 aliphatic heterocycles. The maximum atomic E-state index is 11.9. The summed E-state index contributed by atoms with van der Waals surface area (Å²) in [6.07, 6.45) is 1.30. The normalized spacial score (nSPS) is 13.6. The third-order valence-corrected chi connectivity index (χ3v) is 3.66. The Bertz CT molecular complexity index is 444. The van der Waals surface area contributed by atoms with Crippen molar-refractivity contribution < 1.29 is 13.2 Å². The smallest absolute Gasteiger partial charge is 0.242 e. The molecule has 1 heterocycles. The van der Waals surface area contributed by atoms with Crippen LogP contribution in [0.4, 0.5) is 0 Å². The molecule has 0 aliphatic carbocycles. The quantitative estimate of drug-likeness (QED) is 0.741. The van der Waals surface area contributed by atoms with E-state index in [0.29, 0.717) is 12.3 Å². The predicted molar refractivity (Wildman–Crippen MR) is 63.8 cm³/mol. The number of hydrogen-bond acceptors (Lipinski definition) is 5. The van der Waals surface area contributed by atoms with Crippen LogP contribution in [-0.4, -0.2) is 33.2 Å². The van der Waals surface area contributed by atoms with Gasteiger partial charge in [0.2, 0.25) is 10.0 Å². The van der Waals surface area contributed by atoms with Gasteiger partial charge in [-0.1, -0.05) is 0 Å². The molecule has 1 aromatic rings. The lowest BCUT2D eigenvalue weighted by Gasteiger charge is -2.13. The molecule has 96 valence electrons. The highest BCUT2D eigenvalue weighted by Crippen LogP contribution is 2.08. The number of hydrogen-bond donors (Lipinski definition) is 2. The molecule has 0 bridgehead atoms. The summed E-state index contributed by atoms with van der Waals surface area (Å²) in [5.41, 5.74) is 6.03. The van der Waals surface area contributed by atoms with E-state index in [0.717, 1.165) is 0 Å². The van der Waals surface area contributed by atoms with E-state index < -0.39 is 10.0 Å². The van der Waals surface area contributed by atoms with Crippen LogP contribution in [0.25, 0.3) is 0 Å². The largest absolute Gasteiger partial charge is 0.383 e. The van der Waals surface area contributed by atoms with E-state index in [-0.39, 0.29) is 17.5 Å². The van der Waals surface area contributed by atoms with Gasteiger partial charge in [0.15, 0.2) is 0 Å². The Hall–Kier alpha value is -1.02. The summed E-state index contributed by atoms with van der Waals surface area (Å²) in [7, 11) is -2.02. The van der Waals surface area contributed by atoms with Crippen LogP contribution >= 0.6 is 0 Å². The van der Waals surface area contributed by atoms with Crippen molar-refractivity contribution in [3.05, 3.63) is 24.0 Å². The Morgan fingerprint density at radius 2 is 2.24 bits per heavy atom. The number of rotatable bonds is 6. The Morgan fingerprint density at radius 1 is 1.53 bits per heavy atom. The zero-order valence-corrected chi connectivity index (χ0v) is 10.7. The van der Waals surface area contributed by atoms with Crippen LogP contribution in [0.5, 0.6) is 0 Å². The van der Waals surface area contributed by atoms with E-state index in [4.69, 9.17) is 10.5 Å². The molecule has 1 rings (SSSR count).